The van der Waals surface area contributed by atoms with E-state index in [-0.39, 0.29) is 17.2 Å². The monoisotopic (exact) mass is 448 g/mol. The molecule has 0 saturated carbocycles. The van der Waals surface area contributed by atoms with E-state index in [2.05, 4.69) is 21.2 Å². The van der Waals surface area contributed by atoms with Crippen LogP contribution in [0, 0.1) is 0 Å². The van der Waals surface area contributed by atoms with Gasteiger partial charge in [0.15, 0.2) is 10.4 Å². The van der Waals surface area contributed by atoms with Crippen molar-refractivity contribution in [2.75, 3.05) is 12.4 Å². The molecule has 1 N–H and O–H groups in total. The van der Waals surface area contributed by atoms with Gasteiger partial charge in [0.05, 0.1) is 4.90 Å². The van der Waals surface area contributed by atoms with Crippen LogP contribution < -0.4 is 5.32 Å². The number of rotatable bonds is 6. The van der Waals surface area contributed by atoms with Crippen molar-refractivity contribution in [1.29, 1.82) is 0 Å². The van der Waals surface area contributed by atoms with Crippen LogP contribution in [-0.2, 0) is 16.6 Å². The van der Waals surface area contributed by atoms with Crippen molar-refractivity contribution in [3.05, 3.63) is 82.7 Å². The van der Waals surface area contributed by atoms with Gasteiger partial charge in [-0.2, -0.15) is 4.31 Å². The Hall–Kier alpha value is -2.42. The fourth-order valence-corrected chi connectivity index (χ4v) is 3.91. The number of nitrogens with zero attached hydrogens (tertiary/aromatic N) is 1. The first-order valence-corrected chi connectivity index (χ1v) is 10.3. The zero-order chi connectivity index (χ0) is 19.4. The summed E-state index contributed by atoms with van der Waals surface area (Å²) in [5.74, 6) is -0.265. The second-order valence-corrected chi connectivity index (χ2v) is 8.66. The molecule has 0 aliphatic carbocycles. The van der Waals surface area contributed by atoms with Crippen molar-refractivity contribution in [3.8, 4) is 0 Å². The van der Waals surface area contributed by atoms with Crippen LogP contribution in [0.1, 0.15) is 16.1 Å². The number of halogens is 1. The summed E-state index contributed by atoms with van der Waals surface area (Å²) in [6.07, 6.45) is 0. The summed E-state index contributed by atoms with van der Waals surface area (Å²) in [4.78, 5) is 12.2. The maximum atomic E-state index is 12.7. The minimum absolute atomic E-state index is 0.152. The van der Waals surface area contributed by atoms with E-state index >= 15 is 0 Å². The van der Waals surface area contributed by atoms with Crippen molar-refractivity contribution in [1.82, 2.24) is 4.31 Å². The van der Waals surface area contributed by atoms with Crippen molar-refractivity contribution >= 4 is 37.5 Å². The highest BCUT2D eigenvalue weighted by molar-refractivity contribution is 9.10. The normalized spacial score (nSPS) is 11.5. The number of carbonyl (C=O) groups excluding carboxylic acids is 1. The third-order valence-corrected chi connectivity index (χ3v) is 6.11. The first-order chi connectivity index (χ1) is 12.9. The Kier molecular flexibility index (Phi) is 5.79. The van der Waals surface area contributed by atoms with E-state index in [0.29, 0.717) is 10.4 Å². The smallest absolute Gasteiger partial charge is 0.291 e. The van der Waals surface area contributed by atoms with E-state index < -0.39 is 15.9 Å². The second kappa shape index (κ2) is 8.08. The summed E-state index contributed by atoms with van der Waals surface area (Å²) < 4.78 is 32.4. The first-order valence-electron chi connectivity index (χ1n) is 8.03. The number of carbonyl (C=O) groups is 1. The molecule has 0 radical (unpaired) electrons. The molecule has 27 heavy (non-hydrogen) atoms. The predicted octanol–water partition coefficient (Wildman–Crippen LogP) is 4.12. The first kappa shape index (κ1) is 19.3. The van der Waals surface area contributed by atoms with Gasteiger partial charge in [-0.1, -0.05) is 30.3 Å². The van der Waals surface area contributed by atoms with Crippen LogP contribution in [0.5, 0.6) is 0 Å². The highest BCUT2D eigenvalue weighted by atomic mass is 79.9. The van der Waals surface area contributed by atoms with Gasteiger partial charge in [0.25, 0.3) is 5.91 Å². The van der Waals surface area contributed by atoms with Crippen molar-refractivity contribution in [2.45, 2.75) is 11.4 Å². The van der Waals surface area contributed by atoms with Gasteiger partial charge in [-0.3, -0.25) is 4.79 Å². The lowest BCUT2D eigenvalue weighted by Gasteiger charge is -2.17. The van der Waals surface area contributed by atoms with E-state index in [1.165, 1.54) is 29.6 Å². The predicted molar refractivity (Wildman–Crippen MR) is 106 cm³/mol. The average Bonchev–Trinajstić information content (AvgIpc) is 3.09. The van der Waals surface area contributed by atoms with Crippen molar-refractivity contribution < 1.29 is 17.6 Å². The van der Waals surface area contributed by atoms with Gasteiger partial charge in [-0.25, -0.2) is 8.42 Å². The fourth-order valence-electron chi connectivity index (χ4n) is 2.44. The molecule has 3 aromatic rings. The SMILES string of the molecule is CN(Cc1ccccc1)S(=O)(=O)c1ccc(NC(=O)c2ccc(Br)o2)cc1. The number of sulfonamides is 1. The van der Waals surface area contributed by atoms with Crippen LogP contribution in [0.3, 0.4) is 0 Å². The molecular weight excluding hydrogens is 432 g/mol. The van der Waals surface area contributed by atoms with Gasteiger partial charge in [-0.05, 0) is 57.9 Å². The number of hydrogen-bond acceptors (Lipinski definition) is 4. The fraction of sp³-hybridized carbons (Fsp3) is 0.105. The summed E-state index contributed by atoms with van der Waals surface area (Å²) >= 11 is 3.14. The maximum Gasteiger partial charge on any atom is 0.291 e. The molecule has 0 aliphatic rings. The van der Waals surface area contributed by atoms with Gasteiger partial charge < -0.3 is 9.73 Å². The van der Waals surface area contributed by atoms with Crippen molar-refractivity contribution in [3.63, 3.8) is 0 Å². The lowest BCUT2D eigenvalue weighted by molar-refractivity contribution is 0.0995. The standard InChI is InChI=1S/C19H17BrN2O4S/c1-22(13-14-5-3-2-4-6-14)27(24,25)16-9-7-15(8-10-16)21-19(23)17-11-12-18(20)26-17/h2-12H,13H2,1H3,(H,21,23). The molecule has 8 heteroatoms. The van der Waals surface area contributed by atoms with E-state index in [0.717, 1.165) is 5.56 Å². The Morgan fingerprint density at radius 2 is 1.70 bits per heavy atom. The Bertz CT molecular complexity index is 1030. The largest absolute Gasteiger partial charge is 0.444 e. The molecule has 2 aromatic carbocycles. The molecular formula is C19H17BrN2O4S. The molecule has 3 rings (SSSR count). The quantitative estimate of drug-likeness (QED) is 0.614. The highest BCUT2D eigenvalue weighted by Gasteiger charge is 2.21. The molecule has 0 saturated heterocycles. The summed E-state index contributed by atoms with van der Waals surface area (Å²) in [6, 6.07) is 18.5. The third kappa shape index (κ3) is 4.65. The zero-order valence-electron chi connectivity index (χ0n) is 14.4. The topological polar surface area (TPSA) is 79.6 Å². The summed E-state index contributed by atoms with van der Waals surface area (Å²) in [7, 11) is -2.10. The number of anilines is 1. The maximum absolute atomic E-state index is 12.7. The molecule has 1 aromatic heterocycles. The zero-order valence-corrected chi connectivity index (χ0v) is 16.8. The van der Waals surface area contributed by atoms with Gasteiger partial charge in [0.1, 0.15) is 0 Å². The highest BCUT2D eigenvalue weighted by Crippen LogP contribution is 2.20. The van der Waals surface area contributed by atoms with Gasteiger partial charge in [-0.15, -0.1) is 0 Å². The van der Waals surface area contributed by atoms with Gasteiger partial charge in [0, 0.05) is 19.3 Å². The Morgan fingerprint density at radius 3 is 2.30 bits per heavy atom. The average molecular weight is 449 g/mol. The minimum Gasteiger partial charge on any atom is -0.444 e. The van der Waals surface area contributed by atoms with Crippen molar-refractivity contribution in [2.24, 2.45) is 0 Å². The van der Waals surface area contributed by atoms with Crippen LogP contribution in [-0.4, -0.2) is 25.7 Å². The molecule has 0 spiro atoms. The van der Waals surface area contributed by atoms with Gasteiger partial charge >= 0.3 is 0 Å². The Balaban J connectivity index is 1.71. The molecule has 0 fully saturated rings. The molecule has 0 bridgehead atoms. The minimum atomic E-state index is -3.64. The Morgan fingerprint density at radius 1 is 1.04 bits per heavy atom. The van der Waals surface area contributed by atoms with Crippen LogP contribution in [0.2, 0.25) is 0 Å². The summed E-state index contributed by atoms with van der Waals surface area (Å²) in [5.41, 5.74) is 1.37. The number of furan rings is 1. The summed E-state index contributed by atoms with van der Waals surface area (Å²) in [5, 5.41) is 2.66. The molecule has 0 aliphatic heterocycles. The molecule has 1 heterocycles. The van der Waals surface area contributed by atoms with E-state index in [1.807, 2.05) is 30.3 Å². The summed E-state index contributed by atoms with van der Waals surface area (Å²) in [6.45, 7) is 0.273. The molecule has 6 nitrogen and oxygen atoms in total. The number of benzene rings is 2. The lowest BCUT2D eigenvalue weighted by atomic mass is 10.2. The van der Waals surface area contributed by atoms with Crippen LogP contribution in [0.15, 0.2) is 80.7 Å². The Labute approximate surface area is 166 Å². The lowest BCUT2D eigenvalue weighted by Crippen LogP contribution is -2.26. The van der Waals surface area contributed by atoms with Crippen LogP contribution >= 0.6 is 15.9 Å². The second-order valence-electron chi connectivity index (χ2n) is 5.83. The number of hydrogen-bond donors (Lipinski definition) is 1. The number of amides is 1. The van der Waals surface area contributed by atoms with Crippen LogP contribution in [0.4, 0.5) is 5.69 Å². The molecule has 0 unspecified atom stereocenters. The molecule has 1 amide bonds. The molecule has 0 atom stereocenters. The van der Waals surface area contributed by atoms with E-state index in [4.69, 9.17) is 4.42 Å². The van der Waals surface area contributed by atoms with Gasteiger partial charge in [0.2, 0.25) is 10.0 Å². The van der Waals surface area contributed by atoms with E-state index in [9.17, 15) is 13.2 Å². The third-order valence-electron chi connectivity index (χ3n) is 3.87. The number of nitrogens with one attached hydrogen (secondary N) is 1. The van der Waals surface area contributed by atoms with Crippen LogP contribution in [0.25, 0.3) is 0 Å². The van der Waals surface area contributed by atoms with E-state index in [1.54, 1.807) is 18.2 Å². The molecule has 140 valence electrons.